The van der Waals surface area contributed by atoms with Gasteiger partial charge in [0.2, 0.25) is 29.4 Å². The van der Waals surface area contributed by atoms with Crippen LogP contribution in [0.1, 0.15) is 109 Å². The van der Waals surface area contributed by atoms with E-state index in [1.54, 1.807) is 64.2 Å². The van der Waals surface area contributed by atoms with Gasteiger partial charge in [-0.25, -0.2) is 14.0 Å². The molecule has 6 rings (SSSR count). The summed E-state index contributed by atoms with van der Waals surface area (Å²) < 4.78 is 49.1. The highest BCUT2D eigenvalue weighted by Gasteiger charge is 2.44. The van der Waals surface area contributed by atoms with Gasteiger partial charge in [0, 0.05) is 53.3 Å². The van der Waals surface area contributed by atoms with Crippen LogP contribution >= 0.6 is 0 Å². The van der Waals surface area contributed by atoms with Gasteiger partial charge < -0.3 is 58.2 Å². The van der Waals surface area contributed by atoms with E-state index < -0.39 is 114 Å². The lowest BCUT2D eigenvalue weighted by atomic mass is 9.87. The monoisotopic (exact) mass is 1180 g/mol. The summed E-state index contributed by atoms with van der Waals surface area (Å²) in [6, 6.07) is 11.5. The molecule has 0 aliphatic carbocycles. The molecular formula is C63H83FN6O15. The van der Waals surface area contributed by atoms with Crippen LogP contribution in [-0.4, -0.2) is 188 Å². The smallest absolute Gasteiger partial charge is 0.330 e. The predicted molar refractivity (Wildman–Crippen MR) is 310 cm³/mol. The number of methoxy groups -OCH3 is 2. The highest BCUT2D eigenvalue weighted by Crippen LogP contribution is 2.33. The highest BCUT2D eigenvalue weighted by atomic mass is 19.1. The number of ketones is 1. The van der Waals surface area contributed by atoms with Crippen molar-refractivity contribution in [3.8, 4) is 17.2 Å². The Balaban J connectivity index is 1.33. The van der Waals surface area contributed by atoms with Crippen LogP contribution in [0, 0.1) is 11.2 Å². The van der Waals surface area contributed by atoms with Gasteiger partial charge in [-0.15, -0.1) is 0 Å². The van der Waals surface area contributed by atoms with Crippen molar-refractivity contribution in [3.63, 3.8) is 0 Å². The maximum Gasteiger partial charge on any atom is 0.330 e. The van der Waals surface area contributed by atoms with Crippen molar-refractivity contribution < 1.29 is 76.0 Å². The van der Waals surface area contributed by atoms with Crippen LogP contribution in [0.15, 0.2) is 78.9 Å². The molecule has 462 valence electrons. The molecular weight excluding hydrogens is 1100 g/mol. The number of hydrogen-bond acceptors (Lipinski definition) is 15. The Morgan fingerprint density at radius 2 is 1.42 bits per heavy atom. The fourth-order valence-corrected chi connectivity index (χ4v) is 10.2. The summed E-state index contributed by atoms with van der Waals surface area (Å²) in [6.45, 7) is 8.90. The first-order valence-corrected chi connectivity index (χ1v) is 28.8. The lowest BCUT2D eigenvalue weighted by Crippen LogP contribution is -2.60. The van der Waals surface area contributed by atoms with Crippen LogP contribution in [0.5, 0.6) is 17.2 Å². The number of fused-ring (bicyclic) bond motifs is 4. The fraction of sp³-hybridized carbons (Fsp3) is 0.540. The van der Waals surface area contributed by atoms with Crippen LogP contribution in [0.25, 0.3) is 0 Å². The average Bonchev–Trinajstić information content (AvgIpc) is 3.58. The Kier molecular flexibility index (Phi) is 23.2. The number of carbonyl (C=O) groups is 9. The van der Waals surface area contributed by atoms with Gasteiger partial charge in [0.05, 0.1) is 31.8 Å². The number of benzene rings is 3. The van der Waals surface area contributed by atoms with Gasteiger partial charge in [-0.2, -0.15) is 0 Å². The van der Waals surface area contributed by atoms with E-state index in [-0.39, 0.29) is 63.6 Å². The zero-order valence-electron chi connectivity index (χ0n) is 50.8. The van der Waals surface area contributed by atoms with E-state index in [4.69, 9.17) is 28.4 Å². The molecule has 0 spiro atoms. The molecule has 3 aromatic carbocycles. The fourth-order valence-electron chi connectivity index (χ4n) is 10.2. The third-order valence-corrected chi connectivity index (χ3v) is 15.6. The van der Waals surface area contributed by atoms with Crippen LogP contribution in [-0.2, 0) is 70.2 Å². The molecule has 3 aromatic rings. The highest BCUT2D eigenvalue weighted by molar-refractivity contribution is 6.38. The van der Waals surface area contributed by atoms with Gasteiger partial charge in [-0.3, -0.25) is 33.6 Å². The molecule has 0 aromatic heterocycles. The summed E-state index contributed by atoms with van der Waals surface area (Å²) in [4.78, 5) is 134. The molecule has 2 fully saturated rings. The second-order valence-corrected chi connectivity index (χ2v) is 23.4. The molecule has 3 heterocycles. The van der Waals surface area contributed by atoms with Crippen molar-refractivity contribution in [3.05, 3.63) is 101 Å². The summed E-state index contributed by atoms with van der Waals surface area (Å²) in [7, 11) is 7.41. The Labute approximate surface area is 497 Å². The predicted octanol–water partition coefficient (Wildman–Crippen LogP) is 5.58. The first kappa shape index (κ1) is 66.3. The Hall–Kier alpha value is -7.88. The van der Waals surface area contributed by atoms with Gasteiger partial charge in [-0.05, 0) is 146 Å². The number of Topliss-reactive ketones (excluding diaryl/α,β-unsaturated/α-hetero) is 1. The Morgan fingerprint density at radius 3 is 2.12 bits per heavy atom. The van der Waals surface area contributed by atoms with E-state index in [1.807, 2.05) is 6.07 Å². The average molecular weight is 1180 g/mol. The molecule has 6 atom stereocenters. The van der Waals surface area contributed by atoms with Crippen LogP contribution in [0.3, 0.4) is 0 Å². The number of rotatable bonds is 9. The number of hydrogen-bond donors (Lipinski definition) is 1. The summed E-state index contributed by atoms with van der Waals surface area (Å²) in [5, 5.41) is 2.79. The molecule has 0 saturated carbocycles. The first-order valence-electron chi connectivity index (χ1n) is 28.8. The standard InChI is InChI=1S/C63H83FN6O15/c1-40-56(74)65-46(34-41-23-27-44(64)28-24-41)57(75)68(9)49(37-84-62(2,3)4)59(77)69-33-17-21-47(69)58(76)66(7)31-14-13-22-54(72)83-39-63(5,6)55(73)60(78)70-32-15-12-20-48(70)61(79)85-50(29-25-42-26-30-51(80-10)52(35-42)81-11)43-18-16-19-45(36-43)82-38-53(71)67(40)8/h13,16,18-19,22-24,26-28,30,35-36,40,46-50H,12,14-15,17,20-21,25,29,31-34,37-39H2,1-11H3,(H,65,74)/t40-,46-,47-,48-,49-,50+/m0/s1. The molecule has 0 radical (unpaired) electrons. The van der Waals surface area contributed by atoms with Crippen LogP contribution in [0.4, 0.5) is 4.39 Å². The Morgan fingerprint density at radius 1 is 0.741 bits per heavy atom. The van der Waals surface area contributed by atoms with Crippen molar-refractivity contribution >= 4 is 53.2 Å². The van der Waals surface area contributed by atoms with Gasteiger partial charge in [0.15, 0.2) is 18.1 Å². The second-order valence-electron chi connectivity index (χ2n) is 23.4. The number of aryl methyl sites for hydroxylation is 1. The SMILES string of the molecule is COc1ccc(CC[C@H]2OC(=O)[C@@H]3CCCCN3C(=O)C(=O)C(C)(C)COC(=O)C=CCCN(C)C(=O)[C@@H]3CCCN3C(=O)[C@H](COC(C)(C)C)N(C)C(=O)[C@H](Cc3ccc(F)cc3)NC(=O)[C@H](C)N(C)C(=O)COc3cccc2c3)cc1OC. The number of esters is 2. The minimum absolute atomic E-state index is 0.0936. The number of carbonyl (C=O) groups excluding carboxylic acids is 9. The van der Waals surface area contributed by atoms with Crippen molar-refractivity contribution in [2.45, 2.75) is 141 Å². The molecule has 1 N–H and O–H groups in total. The van der Waals surface area contributed by atoms with Gasteiger partial charge in [0.25, 0.3) is 11.8 Å². The largest absolute Gasteiger partial charge is 0.493 e. The lowest BCUT2D eigenvalue weighted by Gasteiger charge is -2.37. The van der Waals surface area contributed by atoms with Crippen molar-refractivity contribution in [1.29, 1.82) is 0 Å². The topological polar surface area (TPSA) is 237 Å². The molecule has 85 heavy (non-hydrogen) atoms. The lowest BCUT2D eigenvalue weighted by molar-refractivity contribution is -0.165. The van der Waals surface area contributed by atoms with Gasteiger partial charge in [0.1, 0.15) is 54.5 Å². The maximum atomic E-state index is 14.9. The molecule has 0 unspecified atom stereocenters. The van der Waals surface area contributed by atoms with Crippen LogP contribution in [0.2, 0.25) is 0 Å². The second kappa shape index (κ2) is 29.8. The first-order chi connectivity index (χ1) is 40.2. The van der Waals surface area contributed by atoms with E-state index in [0.29, 0.717) is 54.7 Å². The molecule has 21 nitrogen and oxygen atoms in total. The number of nitrogens with zero attached hydrogens (tertiary/aromatic N) is 5. The maximum absolute atomic E-state index is 14.9. The van der Waals surface area contributed by atoms with Gasteiger partial charge in [-0.1, -0.05) is 36.4 Å². The third-order valence-electron chi connectivity index (χ3n) is 15.6. The Bertz CT molecular complexity index is 2930. The van der Waals surface area contributed by atoms with E-state index in [2.05, 4.69) is 5.32 Å². The number of halogens is 1. The summed E-state index contributed by atoms with van der Waals surface area (Å²) in [5.74, 6) is -5.65. The van der Waals surface area contributed by atoms with Crippen molar-refractivity contribution in [1.82, 2.24) is 29.8 Å². The summed E-state index contributed by atoms with van der Waals surface area (Å²) in [6.07, 6.45) is 4.47. The third kappa shape index (κ3) is 17.8. The van der Waals surface area contributed by atoms with Crippen molar-refractivity contribution in [2.75, 3.05) is 74.8 Å². The number of ether oxygens (including phenoxy) is 6. The zero-order valence-corrected chi connectivity index (χ0v) is 50.8. The summed E-state index contributed by atoms with van der Waals surface area (Å²) >= 11 is 0. The van der Waals surface area contributed by atoms with E-state index in [0.717, 1.165) is 16.5 Å². The molecule has 22 heteroatoms. The van der Waals surface area contributed by atoms with E-state index >= 15 is 0 Å². The normalized spacial score (nSPS) is 23.5. The van der Waals surface area contributed by atoms with E-state index in [1.165, 1.54) is 99.0 Å². The molecule has 6 amide bonds. The number of likely N-dealkylation sites (N-methyl/N-ethyl adjacent to an activating group) is 3. The number of piperidine rings is 1. The van der Waals surface area contributed by atoms with Gasteiger partial charge >= 0.3 is 11.9 Å². The van der Waals surface area contributed by atoms with Crippen molar-refractivity contribution in [2.24, 2.45) is 5.41 Å². The molecule has 3 aliphatic heterocycles. The zero-order chi connectivity index (χ0) is 62.3. The number of nitrogens with one attached hydrogen (secondary N) is 1. The molecule has 2 saturated heterocycles. The molecule has 2 bridgehead atoms. The number of amides is 6. The number of cyclic esters (lactones) is 2. The van der Waals surface area contributed by atoms with E-state index in [9.17, 15) is 47.5 Å². The van der Waals surface area contributed by atoms with Crippen LogP contribution < -0.4 is 19.5 Å². The minimum Gasteiger partial charge on any atom is -0.493 e. The quantitative estimate of drug-likeness (QED) is 0.203. The summed E-state index contributed by atoms with van der Waals surface area (Å²) in [5.41, 5.74) is -0.492. The molecule has 3 aliphatic rings. The minimum atomic E-state index is -1.50.